The first kappa shape index (κ1) is 27.6. The molecule has 1 amide bonds. The van der Waals surface area contributed by atoms with Crippen molar-refractivity contribution in [2.24, 2.45) is 11.3 Å². The van der Waals surface area contributed by atoms with E-state index in [-0.39, 0.29) is 11.3 Å². The summed E-state index contributed by atoms with van der Waals surface area (Å²) in [6.45, 7) is 6.76. The minimum absolute atomic E-state index is 0.158. The number of rotatable bonds is 6. The minimum atomic E-state index is -0.426. The van der Waals surface area contributed by atoms with Gasteiger partial charge in [-0.05, 0) is 60.4 Å². The van der Waals surface area contributed by atoms with Crippen molar-refractivity contribution in [2.45, 2.75) is 40.0 Å². The molecule has 0 bridgehead atoms. The molecule has 5 rings (SSSR count). The summed E-state index contributed by atoms with van der Waals surface area (Å²) >= 11 is 1.48. The summed E-state index contributed by atoms with van der Waals surface area (Å²) in [6.07, 6.45) is 2.66. The highest BCUT2D eigenvalue weighted by Gasteiger charge is 2.34. The molecule has 8 heteroatoms. The van der Waals surface area contributed by atoms with Crippen LogP contribution in [-0.2, 0) is 17.6 Å². The summed E-state index contributed by atoms with van der Waals surface area (Å²) in [6, 6.07) is 14.8. The summed E-state index contributed by atoms with van der Waals surface area (Å²) in [5.41, 5.74) is 4.08. The smallest absolute Gasteiger partial charge is 0.341 e. The van der Waals surface area contributed by atoms with Crippen molar-refractivity contribution in [2.75, 3.05) is 26.6 Å². The zero-order valence-corrected chi connectivity index (χ0v) is 24.5. The van der Waals surface area contributed by atoms with Crippen LogP contribution in [0.4, 0.5) is 5.00 Å². The van der Waals surface area contributed by atoms with Crippen molar-refractivity contribution in [1.29, 1.82) is 0 Å². The van der Waals surface area contributed by atoms with Crippen molar-refractivity contribution in [3.05, 3.63) is 70.1 Å². The number of methoxy groups -OCH3 is 3. The number of hydrogen-bond acceptors (Lipinski definition) is 7. The lowest BCUT2D eigenvalue weighted by atomic mass is 9.72. The number of anilines is 1. The van der Waals surface area contributed by atoms with Crippen LogP contribution in [0.25, 0.3) is 22.2 Å². The Balaban J connectivity index is 1.58. The molecule has 2 heterocycles. The predicted octanol–water partition coefficient (Wildman–Crippen LogP) is 7.17. The van der Waals surface area contributed by atoms with E-state index in [9.17, 15) is 9.59 Å². The van der Waals surface area contributed by atoms with E-state index in [1.54, 1.807) is 26.4 Å². The molecule has 7 nitrogen and oxygen atoms in total. The van der Waals surface area contributed by atoms with Gasteiger partial charge in [0, 0.05) is 21.9 Å². The van der Waals surface area contributed by atoms with Gasteiger partial charge in [0.25, 0.3) is 5.91 Å². The van der Waals surface area contributed by atoms with Crippen LogP contribution in [-0.4, -0.2) is 38.2 Å². The number of carbonyl (C=O) groups excluding carboxylic acids is 2. The van der Waals surface area contributed by atoms with Crippen molar-refractivity contribution in [3.8, 4) is 22.8 Å². The second kappa shape index (κ2) is 10.9. The van der Waals surface area contributed by atoms with Gasteiger partial charge in [-0.1, -0.05) is 39.0 Å². The van der Waals surface area contributed by atoms with Gasteiger partial charge in [0.1, 0.15) is 16.5 Å². The number of aromatic nitrogens is 1. The average molecular weight is 559 g/mol. The van der Waals surface area contributed by atoms with Crippen LogP contribution < -0.4 is 14.8 Å². The van der Waals surface area contributed by atoms with Crippen LogP contribution in [0.5, 0.6) is 11.5 Å². The second-order valence-corrected chi connectivity index (χ2v) is 12.2. The lowest BCUT2D eigenvalue weighted by Crippen LogP contribution is -2.26. The number of benzene rings is 2. The van der Waals surface area contributed by atoms with Gasteiger partial charge in [-0.25, -0.2) is 9.78 Å². The molecule has 1 aliphatic rings. The van der Waals surface area contributed by atoms with Gasteiger partial charge in [0.15, 0.2) is 0 Å². The summed E-state index contributed by atoms with van der Waals surface area (Å²) in [5, 5.41) is 4.31. The Morgan fingerprint density at radius 3 is 2.50 bits per heavy atom. The van der Waals surface area contributed by atoms with Crippen LogP contribution in [0.1, 0.15) is 58.3 Å². The van der Waals surface area contributed by atoms with Crippen molar-refractivity contribution in [3.63, 3.8) is 0 Å². The quantitative estimate of drug-likeness (QED) is 0.253. The summed E-state index contributed by atoms with van der Waals surface area (Å²) < 4.78 is 16.1. The first-order valence-electron chi connectivity index (χ1n) is 13.3. The monoisotopic (exact) mass is 558 g/mol. The third kappa shape index (κ3) is 5.16. The van der Waals surface area contributed by atoms with Crippen LogP contribution >= 0.6 is 11.3 Å². The van der Waals surface area contributed by atoms with Crippen molar-refractivity contribution in [1.82, 2.24) is 4.98 Å². The molecular formula is C32H34N2O5S. The Bertz CT molecular complexity index is 1600. The number of ether oxygens (including phenoxy) is 3. The number of amides is 1. The second-order valence-electron chi connectivity index (χ2n) is 11.1. The molecule has 0 saturated carbocycles. The molecule has 40 heavy (non-hydrogen) atoms. The zero-order valence-electron chi connectivity index (χ0n) is 23.7. The van der Waals surface area contributed by atoms with Crippen molar-refractivity contribution < 1.29 is 23.8 Å². The van der Waals surface area contributed by atoms with E-state index in [1.165, 1.54) is 18.4 Å². The van der Waals surface area contributed by atoms with Crippen LogP contribution in [0.2, 0.25) is 0 Å². The molecule has 1 aliphatic carbocycles. The Kier molecular flexibility index (Phi) is 7.55. The molecule has 0 spiro atoms. The van der Waals surface area contributed by atoms with Gasteiger partial charge in [0.05, 0.1) is 43.7 Å². The van der Waals surface area contributed by atoms with Crippen molar-refractivity contribution >= 4 is 39.1 Å². The SMILES string of the molecule is COC(=O)c1c(NC(=O)c2cc(-c3ccc(OC)cc3OC)nc3ccccc23)sc2c1CCC(C(C)(C)C)C2. The Labute approximate surface area is 238 Å². The molecular weight excluding hydrogens is 524 g/mol. The summed E-state index contributed by atoms with van der Waals surface area (Å²) in [7, 11) is 4.56. The van der Waals surface area contributed by atoms with Crippen LogP contribution in [0.3, 0.4) is 0 Å². The zero-order chi connectivity index (χ0) is 28.6. The molecule has 0 radical (unpaired) electrons. The van der Waals surface area contributed by atoms with Gasteiger partial charge in [-0.2, -0.15) is 0 Å². The molecule has 1 N–H and O–H groups in total. The van der Waals surface area contributed by atoms with E-state index in [4.69, 9.17) is 19.2 Å². The highest BCUT2D eigenvalue weighted by atomic mass is 32.1. The fraction of sp³-hybridized carbons (Fsp3) is 0.344. The number of para-hydroxylation sites is 1. The van der Waals surface area contributed by atoms with Crippen LogP contribution in [0.15, 0.2) is 48.5 Å². The van der Waals surface area contributed by atoms with E-state index >= 15 is 0 Å². The topological polar surface area (TPSA) is 86.8 Å². The number of esters is 1. The fourth-order valence-electron chi connectivity index (χ4n) is 5.41. The normalized spacial score (nSPS) is 14.9. The summed E-state index contributed by atoms with van der Waals surface area (Å²) in [5.74, 6) is 0.999. The highest BCUT2D eigenvalue weighted by molar-refractivity contribution is 7.17. The molecule has 0 saturated heterocycles. The molecule has 1 atom stereocenters. The predicted molar refractivity (Wildman–Crippen MR) is 159 cm³/mol. The van der Waals surface area contributed by atoms with E-state index in [0.29, 0.717) is 50.1 Å². The molecule has 2 aromatic carbocycles. The van der Waals surface area contributed by atoms with E-state index in [2.05, 4.69) is 26.1 Å². The van der Waals surface area contributed by atoms with Crippen LogP contribution in [0, 0.1) is 11.3 Å². The Morgan fingerprint density at radius 2 is 1.80 bits per heavy atom. The van der Waals surface area contributed by atoms with E-state index in [0.717, 1.165) is 35.3 Å². The van der Waals surface area contributed by atoms with Gasteiger partial charge in [0.2, 0.25) is 0 Å². The fourth-order valence-corrected chi connectivity index (χ4v) is 6.72. The molecule has 4 aromatic rings. The maximum absolute atomic E-state index is 13.9. The maximum atomic E-state index is 13.9. The lowest BCUT2D eigenvalue weighted by Gasteiger charge is -2.33. The third-order valence-corrected chi connectivity index (χ3v) is 8.92. The first-order valence-corrected chi connectivity index (χ1v) is 14.1. The molecule has 0 fully saturated rings. The largest absolute Gasteiger partial charge is 0.497 e. The number of thiophene rings is 1. The average Bonchev–Trinajstić information content (AvgIpc) is 3.32. The molecule has 2 aromatic heterocycles. The first-order chi connectivity index (χ1) is 19.1. The molecule has 1 unspecified atom stereocenters. The van der Waals surface area contributed by atoms with Gasteiger partial charge < -0.3 is 19.5 Å². The summed E-state index contributed by atoms with van der Waals surface area (Å²) in [4.78, 5) is 32.8. The number of pyridine rings is 1. The highest BCUT2D eigenvalue weighted by Crippen LogP contribution is 2.45. The third-order valence-electron chi connectivity index (χ3n) is 7.75. The van der Waals surface area contributed by atoms with Gasteiger partial charge >= 0.3 is 5.97 Å². The number of nitrogens with zero attached hydrogens (tertiary/aromatic N) is 1. The standard InChI is InChI=1S/C32H34N2O5S/c1-32(2,3)18-11-13-22-27(15-18)40-30(28(22)31(36)39-6)34-29(35)23-17-25(33-24-10-8-7-9-20(23)24)21-14-12-19(37-4)16-26(21)38-5/h7-10,12,14,16-18H,11,13,15H2,1-6H3,(H,34,35). The molecule has 0 aliphatic heterocycles. The number of nitrogens with one attached hydrogen (secondary N) is 1. The van der Waals surface area contributed by atoms with Gasteiger partial charge in [-0.3, -0.25) is 4.79 Å². The lowest BCUT2D eigenvalue weighted by molar-refractivity contribution is 0.0600. The Morgan fingerprint density at radius 1 is 1.02 bits per heavy atom. The number of hydrogen-bond donors (Lipinski definition) is 1. The van der Waals surface area contributed by atoms with Gasteiger partial charge in [-0.15, -0.1) is 11.3 Å². The molecule has 208 valence electrons. The Hall–Kier alpha value is -3.91. The maximum Gasteiger partial charge on any atom is 0.341 e. The van der Waals surface area contributed by atoms with E-state index in [1.807, 2.05) is 36.4 Å². The minimum Gasteiger partial charge on any atom is -0.497 e. The number of fused-ring (bicyclic) bond motifs is 2. The van der Waals surface area contributed by atoms with E-state index < -0.39 is 5.97 Å². The number of carbonyl (C=O) groups is 2.